The van der Waals surface area contributed by atoms with Crippen LogP contribution in [0.25, 0.3) is 11.0 Å². The minimum absolute atomic E-state index is 0.190. The van der Waals surface area contributed by atoms with Crippen LogP contribution in [0.2, 0.25) is 0 Å². The number of rotatable bonds is 5. The molecule has 0 saturated heterocycles. The van der Waals surface area contributed by atoms with Crippen molar-refractivity contribution >= 4 is 22.7 Å². The molecule has 7 nitrogen and oxygen atoms in total. The van der Waals surface area contributed by atoms with Gasteiger partial charge in [-0.15, -0.1) is 5.10 Å². The molecule has 1 heterocycles. The predicted molar refractivity (Wildman–Crippen MR) is 90.6 cm³/mol. The van der Waals surface area contributed by atoms with Gasteiger partial charge in [-0.05, 0) is 48.9 Å². The number of aryl methyl sites for hydroxylation is 1. The number of phenolic OH excluding ortho intramolecular Hbond substituents is 1. The van der Waals surface area contributed by atoms with Gasteiger partial charge in [0.1, 0.15) is 11.3 Å². The van der Waals surface area contributed by atoms with Crippen LogP contribution in [0, 0.1) is 0 Å². The van der Waals surface area contributed by atoms with Crippen molar-refractivity contribution in [1.29, 1.82) is 0 Å². The topological polar surface area (TPSA) is 92.4 Å². The van der Waals surface area contributed by atoms with Crippen molar-refractivity contribution < 1.29 is 9.90 Å². The van der Waals surface area contributed by atoms with Gasteiger partial charge in [-0.3, -0.25) is 4.79 Å². The molecule has 0 unspecified atom stereocenters. The minimum Gasteiger partial charge on any atom is -0.508 e. The smallest absolute Gasteiger partial charge is 0.241 e. The summed E-state index contributed by atoms with van der Waals surface area (Å²) in [6, 6.07) is 14.2. The summed E-state index contributed by atoms with van der Waals surface area (Å²) in [6.45, 7) is 2.22. The highest BCUT2D eigenvalue weighted by Gasteiger charge is 2.06. The number of fused-ring (bicyclic) bond motifs is 1. The summed E-state index contributed by atoms with van der Waals surface area (Å²) in [5.41, 5.74) is 5.72. The number of hydrazone groups is 1. The molecule has 0 atom stereocenters. The first-order valence-electron chi connectivity index (χ1n) is 7.54. The SMILES string of the molecule is C/C(=N/NC(=O)CCn1nnc2ccccc21)c1ccc(O)cc1. The van der Waals surface area contributed by atoms with Crippen LogP contribution >= 0.6 is 0 Å². The van der Waals surface area contributed by atoms with Gasteiger partial charge in [-0.1, -0.05) is 17.3 Å². The Balaban J connectivity index is 1.57. The predicted octanol–water partition coefficient (Wildman–Crippen LogP) is 2.07. The molecule has 0 aliphatic rings. The number of para-hydroxylation sites is 1. The number of phenols is 1. The Kier molecular flexibility index (Phi) is 4.51. The molecule has 0 bridgehead atoms. The summed E-state index contributed by atoms with van der Waals surface area (Å²) in [5.74, 6) is -0.0108. The van der Waals surface area contributed by atoms with E-state index in [1.54, 1.807) is 35.9 Å². The first-order chi connectivity index (χ1) is 11.6. The van der Waals surface area contributed by atoms with Gasteiger partial charge in [-0.25, -0.2) is 10.1 Å². The lowest BCUT2D eigenvalue weighted by atomic mass is 10.1. The van der Waals surface area contributed by atoms with E-state index < -0.39 is 0 Å². The number of hydrogen-bond acceptors (Lipinski definition) is 5. The van der Waals surface area contributed by atoms with E-state index in [1.165, 1.54) is 0 Å². The Hall–Kier alpha value is -3.22. The molecule has 122 valence electrons. The molecular formula is C17H17N5O2. The van der Waals surface area contributed by atoms with Crippen molar-refractivity contribution in [2.75, 3.05) is 0 Å². The number of aromatic nitrogens is 3. The molecule has 1 amide bonds. The highest BCUT2D eigenvalue weighted by Crippen LogP contribution is 2.11. The third-order valence-electron chi connectivity index (χ3n) is 3.60. The zero-order chi connectivity index (χ0) is 16.9. The number of amides is 1. The molecular weight excluding hydrogens is 306 g/mol. The molecule has 3 aromatic rings. The van der Waals surface area contributed by atoms with Crippen LogP contribution < -0.4 is 5.43 Å². The van der Waals surface area contributed by atoms with E-state index in [0.717, 1.165) is 16.6 Å². The van der Waals surface area contributed by atoms with Gasteiger partial charge in [-0.2, -0.15) is 5.10 Å². The zero-order valence-electron chi connectivity index (χ0n) is 13.2. The molecule has 2 N–H and O–H groups in total. The van der Waals surface area contributed by atoms with Crippen molar-refractivity contribution in [2.45, 2.75) is 19.9 Å². The second-order valence-corrected chi connectivity index (χ2v) is 5.33. The molecule has 2 aromatic carbocycles. The summed E-state index contributed by atoms with van der Waals surface area (Å²) >= 11 is 0. The third-order valence-corrected chi connectivity index (χ3v) is 3.60. The van der Waals surface area contributed by atoms with Gasteiger partial charge in [0.15, 0.2) is 0 Å². The van der Waals surface area contributed by atoms with Crippen molar-refractivity contribution in [3.8, 4) is 5.75 Å². The molecule has 24 heavy (non-hydrogen) atoms. The van der Waals surface area contributed by atoms with E-state index >= 15 is 0 Å². The van der Waals surface area contributed by atoms with Crippen LogP contribution in [0.1, 0.15) is 18.9 Å². The van der Waals surface area contributed by atoms with E-state index in [4.69, 9.17) is 0 Å². The van der Waals surface area contributed by atoms with Crippen LogP contribution in [-0.4, -0.2) is 31.7 Å². The van der Waals surface area contributed by atoms with E-state index in [-0.39, 0.29) is 18.1 Å². The Labute approximate surface area is 138 Å². The highest BCUT2D eigenvalue weighted by molar-refractivity contribution is 5.99. The van der Waals surface area contributed by atoms with Crippen LogP contribution in [-0.2, 0) is 11.3 Å². The van der Waals surface area contributed by atoms with Gasteiger partial charge in [0, 0.05) is 6.42 Å². The number of carbonyl (C=O) groups is 1. The Morgan fingerprint density at radius 2 is 1.96 bits per heavy atom. The number of carbonyl (C=O) groups excluding carboxylic acids is 1. The fourth-order valence-electron chi connectivity index (χ4n) is 2.26. The van der Waals surface area contributed by atoms with Crippen LogP contribution in [0.15, 0.2) is 53.6 Å². The molecule has 0 aliphatic carbocycles. The summed E-state index contributed by atoms with van der Waals surface area (Å²) in [6.07, 6.45) is 0.250. The normalized spacial score (nSPS) is 11.6. The Morgan fingerprint density at radius 1 is 1.21 bits per heavy atom. The standard InChI is InChI=1S/C17H17N5O2/c1-12(13-6-8-14(23)9-7-13)18-20-17(24)10-11-22-16-5-3-2-4-15(16)19-21-22/h2-9,23H,10-11H2,1H3,(H,20,24)/b18-12-. The fourth-order valence-corrected chi connectivity index (χ4v) is 2.26. The van der Waals surface area contributed by atoms with Gasteiger partial charge in [0.2, 0.25) is 5.91 Å². The maximum atomic E-state index is 11.9. The lowest BCUT2D eigenvalue weighted by Gasteiger charge is -2.04. The first kappa shape index (κ1) is 15.7. The third kappa shape index (κ3) is 3.57. The Bertz CT molecular complexity index is 883. The van der Waals surface area contributed by atoms with Gasteiger partial charge in [0.05, 0.1) is 17.8 Å². The van der Waals surface area contributed by atoms with Crippen molar-refractivity contribution in [3.63, 3.8) is 0 Å². The van der Waals surface area contributed by atoms with E-state index in [1.807, 2.05) is 24.3 Å². The molecule has 0 radical (unpaired) electrons. The molecule has 0 spiro atoms. The molecule has 7 heteroatoms. The number of hydrogen-bond donors (Lipinski definition) is 2. The van der Waals surface area contributed by atoms with Crippen molar-refractivity contribution in [3.05, 3.63) is 54.1 Å². The number of aromatic hydroxyl groups is 1. The van der Waals surface area contributed by atoms with Crippen LogP contribution in [0.4, 0.5) is 0 Å². The average Bonchev–Trinajstić information content (AvgIpc) is 3.01. The lowest BCUT2D eigenvalue weighted by Crippen LogP contribution is -2.21. The molecule has 1 aromatic heterocycles. The monoisotopic (exact) mass is 323 g/mol. The second-order valence-electron chi connectivity index (χ2n) is 5.33. The maximum Gasteiger partial charge on any atom is 0.241 e. The molecule has 0 aliphatic heterocycles. The maximum absolute atomic E-state index is 11.9. The quantitative estimate of drug-likeness (QED) is 0.555. The average molecular weight is 323 g/mol. The number of nitrogens with one attached hydrogen (secondary N) is 1. The Morgan fingerprint density at radius 3 is 2.75 bits per heavy atom. The second kappa shape index (κ2) is 6.91. The first-order valence-corrected chi connectivity index (χ1v) is 7.54. The van der Waals surface area contributed by atoms with Gasteiger partial charge >= 0.3 is 0 Å². The zero-order valence-corrected chi connectivity index (χ0v) is 13.2. The van der Waals surface area contributed by atoms with E-state index in [0.29, 0.717) is 12.3 Å². The lowest BCUT2D eigenvalue weighted by molar-refractivity contribution is -0.121. The minimum atomic E-state index is -0.201. The van der Waals surface area contributed by atoms with Crippen LogP contribution in [0.3, 0.4) is 0 Å². The summed E-state index contributed by atoms with van der Waals surface area (Å²) in [4.78, 5) is 11.9. The number of nitrogens with zero attached hydrogens (tertiary/aromatic N) is 4. The van der Waals surface area contributed by atoms with Crippen molar-refractivity contribution in [2.24, 2.45) is 5.10 Å². The van der Waals surface area contributed by atoms with Crippen molar-refractivity contribution in [1.82, 2.24) is 20.4 Å². The molecule has 3 rings (SSSR count). The van der Waals surface area contributed by atoms with Crippen LogP contribution in [0.5, 0.6) is 5.75 Å². The van der Waals surface area contributed by atoms with Gasteiger partial charge in [0.25, 0.3) is 0 Å². The fraction of sp³-hybridized carbons (Fsp3) is 0.176. The summed E-state index contributed by atoms with van der Waals surface area (Å²) in [7, 11) is 0. The summed E-state index contributed by atoms with van der Waals surface area (Å²) < 4.78 is 1.70. The number of benzene rings is 2. The molecule has 0 saturated carbocycles. The molecule has 0 fully saturated rings. The largest absolute Gasteiger partial charge is 0.508 e. The summed E-state index contributed by atoms with van der Waals surface area (Å²) in [5, 5.41) is 21.4. The van der Waals surface area contributed by atoms with Gasteiger partial charge < -0.3 is 5.11 Å². The highest BCUT2D eigenvalue weighted by atomic mass is 16.3. The van der Waals surface area contributed by atoms with E-state index in [2.05, 4.69) is 20.8 Å². The van der Waals surface area contributed by atoms with E-state index in [9.17, 15) is 9.90 Å².